The second kappa shape index (κ2) is 2.81. The molecule has 0 aliphatic carbocycles. The number of nitrogens with zero attached hydrogens (tertiary/aromatic N) is 3. The van der Waals surface area contributed by atoms with E-state index in [0.29, 0.717) is 6.41 Å². The van der Waals surface area contributed by atoms with Gasteiger partial charge in [0.05, 0.1) is 0 Å². The maximum absolute atomic E-state index is 10.0. The van der Waals surface area contributed by atoms with Crippen LogP contribution in [0.1, 0.15) is 6.92 Å². The molecular formula is C5H6N3O+. The Bertz CT molecular complexity index is 171. The summed E-state index contributed by atoms with van der Waals surface area (Å²) in [5, 5.41) is 16.5. The van der Waals surface area contributed by atoms with Crippen LogP contribution in [0.5, 0.6) is 0 Å². The van der Waals surface area contributed by atoms with Crippen LogP contribution < -0.4 is 0 Å². The number of nitriles is 2. The van der Waals surface area contributed by atoms with Crippen LogP contribution >= 0.6 is 0 Å². The molecule has 0 aliphatic heterocycles. The van der Waals surface area contributed by atoms with Gasteiger partial charge in [-0.1, -0.05) is 4.48 Å². The van der Waals surface area contributed by atoms with E-state index in [9.17, 15) is 4.79 Å². The predicted octanol–water partition coefficient (Wildman–Crippen LogP) is -0.0583. The van der Waals surface area contributed by atoms with Crippen molar-refractivity contribution in [1.29, 1.82) is 10.5 Å². The molecule has 0 saturated heterocycles. The molecule has 0 unspecified atom stereocenters. The van der Waals surface area contributed by atoms with Crippen LogP contribution in [0.25, 0.3) is 0 Å². The van der Waals surface area contributed by atoms with Gasteiger partial charge in [-0.05, 0) is 6.92 Å². The maximum Gasteiger partial charge on any atom is 0.332 e. The minimum atomic E-state index is -0.792. The van der Waals surface area contributed by atoms with Gasteiger partial charge in [0, 0.05) is 0 Å². The standard InChI is InChI=1S/C5H6N3O/c1-2-8(3-6,4-7)5-9/h5H,2H2,1H3/q+1. The van der Waals surface area contributed by atoms with E-state index in [1.54, 1.807) is 19.3 Å². The molecule has 0 aromatic carbocycles. The van der Waals surface area contributed by atoms with Crippen molar-refractivity contribution < 1.29 is 9.28 Å². The summed E-state index contributed by atoms with van der Waals surface area (Å²) in [5.41, 5.74) is 0. The Morgan fingerprint density at radius 2 is 2.00 bits per heavy atom. The Kier molecular flexibility index (Phi) is 2.37. The van der Waals surface area contributed by atoms with Crippen molar-refractivity contribution in [3.05, 3.63) is 0 Å². The summed E-state index contributed by atoms with van der Waals surface area (Å²) in [6.45, 7) is 1.79. The van der Waals surface area contributed by atoms with Crippen molar-refractivity contribution >= 4 is 6.41 Å². The molecule has 0 atom stereocenters. The molecule has 4 heteroatoms. The summed E-state index contributed by atoms with van der Waals surface area (Å²) < 4.78 is -0.792. The van der Waals surface area contributed by atoms with E-state index < -0.39 is 4.48 Å². The fourth-order valence-electron chi connectivity index (χ4n) is 0.285. The Balaban J connectivity index is 4.47. The Labute approximate surface area is 53.1 Å². The van der Waals surface area contributed by atoms with E-state index in [1.807, 2.05) is 0 Å². The molecule has 0 spiro atoms. The van der Waals surface area contributed by atoms with Gasteiger partial charge in [0.25, 0.3) is 0 Å². The second-order valence-corrected chi connectivity index (χ2v) is 1.49. The van der Waals surface area contributed by atoms with Crippen molar-refractivity contribution in [2.24, 2.45) is 0 Å². The highest BCUT2D eigenvalue weighted by Gasteiger charge is 2.25. The van der Waals surface area contributed by atoms with E-state index in [-0.39, 0.29) is 6.54 Å². The molecule has 9 heavy (non-hydrogen) atoms. The highest BCUT2D eigenvalue weighted by Crippen LogP contribution is 1.94. The van der Waals surface area contributed by atoms with Gasteiger partial charge < -0.3 is 0 Å². The van der Waals surface area contributed by atoms with Gasteiger partial charge >= 0.3 is 18.8 Å². The predicted molar refractivity (Wildman–Crippen MR) is 28.1 cm³/mol. The maximum atomic E-state index is 10.0. The summed E-state index contributed by atoms with van der Waals surface area (Å²) in [4.78, 5) is 10.0. The summed E-state index contributed by atoms with van der Waals surface area (Å²) in [7, 11) is 0. The zero-order valence-corrected chi connectivity index (χ0v) is 5.03. The van der Waals surface area contributed by atoms with Gasteiger partial charge in [0.2, 0.25) is 0 Å². The third-order valence-electron chi connectivity index (χ3n) is 1.04. The minimum Gasteiger partial charge on any atom is -0.231 e. The van der Waals surface area contributed by atoms with Gasteiger partial charge in [-0.25, -0.2) is 4.79 Å². The molecule has 0 fully saturated rings. The largest absolute Gasteiger partial charge is 0.332 e. The Hall–Kier alpha value is -1.39. The SMILES string of the molecule is CC[N+](C#N)(C#N)C=O. The van der Waals surface area contributed by atoms with E-state index in [2.05, 4.69) is 0 Å². The highest BCUT2D eigenvalue weighted by atomic mass is 16.1. The average molecular weight is 124 g/mol. The Morgan fingerprint density at radius 1 is 1.56 bits per heavy atom. The molecule has 0 heterocycles. The first kappa shape index (κ1) is 7.61. The molecule has 0 rings (SSSR count). The lowest BCUT2D eigenvalue weighted by Gasteiger charge is -2.05. The third-order valence-corrected chi connectivity index (χ3v) is 1.04. The quantitative estimate of drug-likeness (QED) is 0.294. The lowest BCUT2D eigenvalue weighted by Crippen LogP contribution is -2.35. The fraction of sp³-hybridized carbons (Fsp3) is 0.400. The van der Waals surface area contributed by atoms with Crippen LogP contribution in [0.2, 0.25) is 0 Å². The van der Waals surface area contributed by atoms with Gasteiger partial charge in [-0.3, -0.25) is 0 Å². The van der Waals surface area contributed by atoms with Crippen molar-refractivity contribution in [3.8, 4) is 12.4 Å². The summed E-state index contributed by atoms with van der Waals surface area (Å²) in [6, 6.07) is 0. The van der Waals surface area contributed by atoms with Crippen LogP contribution in [0.4, 0.5) is 0 Å². The van der Waals surface area contributed by atoms with Gasteiger partial charge in [0.15, 0.2) is 0 Å². The van der Waals surface area contributed by atoms with Gasteiger partial charge in [0.1, 0.15) is 6.54 Å². The number of hydrogen-bond acceptors (Lipinski definition) is 3. The van der Waals surface area contributed by atoms with Crippen LogP contribution in [-0.4, -0.2) is 17.4 Å². The van der Waals surface area contributed by atoms with Crippen molar-refractivity contribution in [2.75, 3.05) is 6.54 Å². The number of rotatable bonds is 2. The van der Waals surface area contributed by atoms with Gasteiger partial charge in [-0.2, -0.15) is 0 Å². The molecule has 0 aromatic heterocycles. The summed E-state index contributed by atoms with van der Waals surface area (Å²) in [6.07, 6.45) is 3.47. The second-order valence-electron chi connectivity index (χ2n) is 1.49. The van der Waals surface area contributed by atoms with Crippen molar-refractivity contribution in [3.63, 3.8) is 0 Å². The van der Waals surface area contributed by atoms with Crippen molar-refractivity contribution in [2.45, 2.75) is 6.92 Å². The fourth-order valence-corrected chi connectivity index (χ4v) is 0.285. The number of carbonyl (C=O) groups is 1. The first-order chi connectivity index (χ1) is 4.24. The van der Waals surface area contributed by atoms with E-state index in [1.165, 1.54) is 0 Å². The molecule has 0 aromatic rings. The van der Waals surface area contributed by atoms with E-state index in [4.69, 9.17) is 10.5 Å². The van der Waals surface area contributed by atoms with Gasteiger partial charge in [-0.15, -0.1) is 10.5 Å². The van der Waals surface area contributed by atoms with Crippen molar-refractivity contribution in [1.82, 2.24) is 0 Å². The van der Waals surface area contributed by atoms with Crippen LogP contribution in [-0.2, 0) is 4.79 Å². The third kappa shape index (κ3) is 1.25. The first-order valence-electron chi connectivity index (χ1n) is 2.41. The monoisotopic (exact) mass is 124 g/mol. The molecule has 0 saturated carbocycles. The zero-order valence-electron chi connectivity index (χ0n) is 5.03. The number of carbonyl (C=O) groups excluding carboxylic acids is 1. The molecule has 0 bridgehead atoms. The zero-order chi connectivity index (χ0) is 7.33. The molecule has 4 nitrogen and oxygen atoms in total. The van der Waals surface area contributed by atoms with Crippen LogP contribution in [0, 0.1) is 22.9 Å². The molecule has 0 N–H and O–H groups in total. The minimum absolute atomic E-state index is 0.191. The van der Waals surface area contributed by atoms with E-state index in [0.717, 1.165) is 0 Å². The average Bonchev–Trinajstić information content (AvgIpc) is 1.95. The smallest absolute Gasteiger partial charge is 0.231 e. The lowest BCUT2D eigenvalue weighted by atomic mass is 10.5. The Morgan fingerprint density at radius 3 is 2.00 bits per heavy atom. The number of quaternary nitrogens is 1. The normalized spacial score (nSPS) is 9.22. The van der Waals surface area contributed by atoms with Crippen LogP contribution in [0.15, 0.2) is 0 Å². The molecule has 46 valence electrons. The molecule has 0 radical (unpaired) electrons. The number of amides is 1. The number of hydrogen-bond donors (Lipinski definition) is 0. The molecule has 0 aliphatic rings. The highest BCUT2D eigenvalue weighted by molar-refractivity contribution is 5.40. The topological polar surface area (TPSA) is 64.7 Å². The first-order valence-corrected chi connectivity index (χ1v) is 2.41. The van der Waals surface area contributed by atoms with Crippen LogP contribution in [0.3, 0.4) is 0 Å². The lowest BCUT2D eigenvalue weighted by molar-refractivity contribution is -0.705. The summed E-state index contributed by atoms with van der Waals surface area (Å²) in [5.74, 6) is 0. The molecular weight excluding hydrogens is 118 g/mol. The molecule has 1 amide bonds. The van der Waals surface area contributed by atoms with E-state index >= 15 is 0 Å². The summed E-state index contributed by atoms with van der Waals surface area (Å²) >= 11 is 0.